The molecule has 7 nitrogen and oxygen atoms in total. The summed E-state index contributed by atoms with van der Waals surface area (Å²) in [4.78, 5) is 28.5. The van der Waals surface area contributed by atoms with E-state index in [0.717, 1.165) is 16.1 Å². The molecule has 0 saturated heterocycles. The Hall–Kier alpha value is -3.36. The molecule has 0 aliphatic carbocycles. The number of para-hydroxylation sites is 1. The van der Waals surface area contributed by atoms with Gasteiger partial charge in [0.1, 0.15) is 12.6 Å². The van der Waals surface area contributed by atoms with Crippen LogP contribution in [0.15, 0.2) is 84.9 Å². The molecule has 0 aliphatic rings. The van der Waals surface area contributed by atoms with Gasteiger partial charge in [0, 0.05) is 24.5 Å². The van der Waals surface area contributed by atoms with Gasteiger partial charge in [0.05, 0.1) is 11.9 Å². The number of nitrogens with one attached hydrogen (secondary N) is 1. The number of carbonyl (C=O) groups is 2. The highest BCUT2D eigenvalue weighted by atomic mass is 35.5. The predicted octanol–water partition coefficient (Wildman–Crippen LogP) is 3.88. The quantitative estimate of drug-likeness (QED) is 0.410. The van der Waals surface area contributed by atoms with Crippen molar-refractivity contribution in [2.24, 2.45) is 0 Å². The molecular formula is C27H30ClN3O4S. The Kier molecular flexibility index (Phi) is 9.50. The third-order valence-electron chi connectivity index (χ3n) is 5.64. The van der Waals surface area contributed by atoms with Crippen LogP contribution in [-0.4, -0.2) is 50.5 Å². The van der Waals surface area contributed by atoms with Gasteiger partial charge in [-0.25, -0.2) is 8.42 Å². The van der Waals surface area contributed by atoms with Crippen LogP contribution in [0.1, 0.15) is 18.1 Å². The van der Waals surface area contributed by atoms with Crippen LogP contribution in [0.3, 0.4) is 0 Å². The first-order valence-corrected chi connectivity index (χ1v) is 13.8. The number of hydrogen-bond donors (Lipinski definition) is 1. The van der Waals surface area contributed by atoms with E-state index in [4.69, 9.17) is 11.6 Å². The second-order valence-electron chi connectivity index (χ2n) is 8.32. The number of benzene rings is 3. The highest BCUT2D eigenvalue weighted by Crippen LogP contribution is 2.22. The van der Waals surface area contributed by atoms with Gasteiger partial charge in [-0.15, -0.1) is 0 Å². The lowest BCUT2D eigenvalue weighted by molar-refractivity contribution is -0.140. The molecule has 190 valence electrons. The van der Waals surface area contributed by atoms with E-state index in [1.165, 1.54) is 4.90 Å². The van der Waals surface area contributed by atoms with Gasteiger partial charge in [-0.2, -0.15) is 0 Å². The Morgan fingerprint density at radius 1 is 0.917 bits per heavy atom. The third kappa shape index (κ3) is 7.32. The fourth-order valence-corrected chi connectivity index (χ4v) is 4.91. The molecule has 1 N–H and O–H groups in total. The van der Waals surface area contributed by atoms with Crippen molar-refractivity contribution in [3.05, 3.63) is 101 Å². The topological polar surface area (TPSA) is 86.8 Å². The number of nitrogens with zero attached hydrogens (tertiary/aromatic N) is 2. The second kappa shape index (κ2) is 12.6. The summed E-state index contributed by atoms with van der Waals surface area (Å²) in [6.07, 6.45) is 1.31. The highest BCUT2D eigenvalue weighted by Gasteiger charge is 2.33. The van der Waals surface area contributed by atoms with Gasteiger partial charge in [-0.3, -0.25) is 13.9 Å². The van der Waals surface area contributed by atoms with Gasteiger partial charge < -0.3 is 10.2 Å². The van der Waals surface area contributed by atoms with E-state index in [1.54, 1.807) is 61.5 Å². The van der Waals surface area contributed by atoms with Crippen LogP contribution in [-0.2, 0) is 32.6 Å². The molecule has 0 fully saturated rings. The number of likely N-dealkylation sites (N-methyl/N-ethyl adjacent to an activating group) is 1. The number of halogens is 1. The molecule has 36 heavy (non-hydrogen) atoms. The van der Waals surface area contributed by atoms with E-state index < -0.39 is 28.5 Å². The van der Waals surface area contributed by atoms with Crippen LogP contribution in [0.2, 0.25) is 5.02 Å². The number of anilines is 1. The van der Waals surface area contributed by atoms with Crippen molar-refractivity contribution in [1.29, 1.82) is 0 Å². The van der Waals surface area contributed by atoms with Crippen molar-refractivity contribution in [2.45, 2.75) is 25.9 Å². The molecule has 0 spiro atoms. The van der Waals surface area contributed by atoms with Crippen molar-refractivity contribution >= 4 is 39.1 Å². The molecule has 3 aromatic rings. The maximum atomic E-state index is 13.8. The zero-order chi connectivity index (χ0) is 26.1. The number of amides is 2. The maximum absolute atomic E-state index is 13.8. The van der Waals surface area contributed by atoms with Crippen molar-refractivity contribution in [3.8, 4) is 0 Å². The molecule has 3 rings (SSSR count). The Labute approximate surface area is 217 Å². The zero-order valence-electron chi connectivity index (χ0n) is 20.3. The zero-order valence-corrected chi connectivity index (χ0v) is 21.9. The third-order valence-corrected chi connectivity index (χ3v) is 7.15. The first kappa shape index (κ1) is 27.2. The summed E-state index contributed by atoms with van der Waals surface area (Å²) in [6.45, 7) is 1.77. The average Bonchev–Trinajstić information content (AvgIpc) is 2.86. The number of rotatable bonds is 11. The molecule has 0 unspecified atom stereocenters. The van der Waals surface area contributed by atoms with Crippen molar-refractivity contribution in [1.82, 2.24) is 10.2 Å². The molecule has 0 aliphatic heterocycles. The number of hydrogen-bond acceptors (Lipinski definition) is 4. The normalized spacial score (nSPS) is 12.0. The lowest BCUT2D eigenvalue weighted by Gasteiger charge is -2.33. The molecule has 0 radical (unpaired) electrons. The molecule has 0 heterocycles. The number of carbonyl (C=O) groups excluding carboxylic acids is 2. The summed E-state index contributed by atoms with van der Waals surface area (Å²) in [6, 6.07) is 24.0. The number of sulfonamides is 1. The van der Waals surface area contributed by atoms with Crippen LogP contribution >= 0.6 is 11.6 Å². The fourth-order valence-electron chi connectivity index (χ4n) is 3.86. The predicted molar refractivity (Wildman–Crippen MR) is 143 cm³/mol. The Morgan fingerprint density at radius 2 is 1.50 bits per heavy atom. The van der Waals surface area contributed by atoms with Gasteiger partial charge in [0.2, 0.25) is 21.8 Å². The van der Waals surface area contributed by atoms with Gasteiger partial charge >= 0.3 is 0 Å². The molecule has 0 bridgehead atoms. The van der Waals surface area contributed by atoms with E-state index in [1.807, 2.05) is 30.3 Å². The van der Waals surface area contributed by atoms with Gasteiger partial charge in [-0.05, 0) is 36.2 Å². The summed E-state index contributed by atoms with van der Waals surface area (Å²) in [5.74, 6) is -0.844. The summed E-state index contributed by atoms with van der Waals surface area (Å²) in [5, 5.41) is 3.27. The first-order valence-electron chi connectivity index (χ1n) is 11.6. The van der Waals surface area contributed by atoms with Crippen LogP contribution in [0, 0.1) is 0 Å². The lowest BCUT2D eigenvalue weighted by atomic mass is 10.0. The van der Waals surface area contributed by atoms with E-state index in [9.17, 15) is 18.0 Å². The van der Waals surface area contributed by atoms with E-state index in [2.05, 4.69) is 5.32 Å². The van der Waals surface area contributed by atoms with E-state index in [-0.39, 0.29) is 18.9 Å². The SMILES string of the molecule is CCNC(=O)[C@H](Cc1ccccc1)N(Cc1ccccc1Cl)C(=O)CN(c1ccccc1)S(C)(=O)=O. The minimum atomic E-state index is -3.78. The van der Waals surface area contributed by atoms with Crippen LogP contribution in [0.5, 0.6) is 0 Å². The van der Waals surface area contributed by atoms with Crippen molar-refractivity contribution in [2.75, 3.05) is 23.7 Å². The Bertz CT molecular complexity index is 1270. The van der Waals surface area contributed by atoms with E-state index in [0.29, 0.717) is 22.8 Å². The monoisotopic (exact) mass is 527 g/mol. The van der Waals surface area contributed by atoms with Crippen molar-refractivity contribution < 1.29 is 18.0 Å². The van der Waals surface area contributed by atoms with E-state index >= 15 is 0 Å². The molecule has 0 saturated carbocycles. The van der Waals surface area contributed by atoms with Crippen LogP contribution in [0.4, 0.5) is 5.69 Å². The summed E-state index contributed by atoms with van der Waals surface area (Å²) in [5.41, 5.74) is 1.89. The Balaban J connectivity index is 2.03. The molecule has 1 atom stereocenters. The van der Waals surface area contributed by atoms with Crippen molar-refractivity contribution in [3.63, 3.8) is 0 Å². The smallest absolute Gasteiger partial charge is 0.244 e. The fraction of sp³-hybridized carbons (Fsp3) is 0.259. The molecule has 3 aromatic carbocycles. The first-order chi connectivity index (χ1) is 17.2. The maximum Gasteiger partial charge on any atom is 0.244 e. The average molecular weight is 528 g/mol. The molecule has 2 amide bonds. The lowest BCUT2D eigenvalue weighted by Crippen LogP contribution is -2.53. The Morgan fingerprint density at radius 3 is 2.08 bits per heavy atom. The molecule has 0 aromatic heterocycles. The molecular weight excluding hydrogens is 498 g/mol. The minimum Gasteiger partial charge on any atom is -0.355 e. The minimum absolute atomic E-state index is 0.0412. The van der Waals surface area contributed by atoms with Gasteiger partial charge in [-0.1, -0.05) is 78.3 Å². The standard InChI is InChI=1S/C27H30ClN3O4S/c1-3-29-27(33)25(18-21-12-6-4-7-13-21)30(19-22-14-10-11-17-24(22)28)26(32)20-31(36(2,34)35)23-15-8-5-9-16-23/h4-17,25H,3,18-20H2,1-2H3,(H,29,33)/t25-/m0/s1. The summed E-state index contributed by atoms with van der Waals surface area (Å²) < 4.78 is 26.4. The van der Waals surface area contributed by atoms with Gasteiger partial charge in [0.15, 0.2) is 0 Å². The van der Waals surface area contributed by atoms with Gasteiger partial charge in [0.25, 0.3) is 0 Å². The largest absolute Gasteiger partial charge is 0.355 e. The molecule has 9 heteroatoms. The summed E-state index contributed by atoms with van der Waals surface area (Å²) in [7, 11) is -3.78. The second-order valence-corrected chi connectivity index (χ2v) is 10.6. The summed E-state index contributed by atoms with van der Waals surface area (Å²) >= 11 is 6.41. The van der Waals surface area contributed by atoms with Crippen LogP contribution < -0.4 is 9.62 Å². The highest BCUT2D eigenvalue weighted by molar-refractivity contribution is 7.92. The van der Waals surface area contributed by atoms with Crippen LogP contribution in [0.25, 0.3) is 0 Å².